The molecule has 266 valence electrons. The average molecular weight is 1380 g/mol. The predicted molar refractivity (Wildman–Crippen MR) is 256 cm³/mol. The van der Waals surface area contributed by atoms with Crippen LogP contribution in [-0.2, 0) is 19.8 Å². The Bertz CT molecular complexity index is 2220. The molecule has 0 aromatic heterocycles. The van der Waals surface area contributed by atoms with E-state index in [0.29, 0.717) is 19.8 Å². The van der Waals surface area contributed by atoms with Gasteiger partial charge in [-0.2, -0.15) is 10.9 Å². The van der Waals surface area contributed by atoms with Crippen molar-refractivity contribution in [2.75, 3.05) is 0 Å². The van der Waals surface area contributed by atoms with Gasteiger partial charge in [0.15, 0.2) is 0 Å². The number of thiol groups is 1. The van der Waals surface area contributed by atoms with Crippen LogP contribution in [0.5, 0.6) is 34.5 Å². The summed E-state index contributed by atoms with van der Waals surface area (Å²) in [5, 5.41) is 30.3. The Morgan fingerprint density at radius 3 is 1.13 bits per heavy atom. The fourth-order valence-electron chi connectivity index (χ4n) is 5.68. The number of phenols is 3. The second-order valence-corrected chi connectivity index (χ2v) is 20.9. The number of benzene rings is 6. The molecule has 0 aliphatic carbocycles. The average Bonchev–Trinajstić information content (AvgIpc) is 3.44. The van der Waals surface area contributed by atoms with Crippen LogP contribution in [0, 0.1) is 21.4 Å². The van der Waals surface area contributed by atoms with Crippen molar-refractivity contribution in [2.24, 2.45) is 0 Å². The Morgan fingerprint density at radius 2 is 0.750 bits per heavy atom. The lowest BCUT2D eigenvalue weighted by molar-refractivity contribution is 0.304. The minimum atomic E-state index is -0.864. The van der Waals surface area contributed by atoms with Crippen molar-refractivity contribution in [3.63, 3.8) is 0 Å². The van der Waals surface area contributed by atoms with Gasteiger partial charge in [-0.1, -0.05) is 0 Å². The quantitative estimate of drug-likeness (QED) is 0.0806. The van der Waals surface area contributed by atoms with Crippen molar-refractivity contribution in [3.8, 4) is 45.6 Å². The third-order valence-corrected chi connectivity index (χ3v) is 16.5. The van der Waals surface area contributed by atoms with E-state index in [9.17, 15) is 15.3 Å². The molecule has 0 fully saturated rings. The highest BCUT2D eigenvalue weighted by molar-refractivity contribution is 14.1. The van der Waals surface area contributed by atoms with E-state index in [-0.39, 0.29) is 17.2 Å². The highest BCUT2D eigenvalue weighted by Gasteiger charge is 2.29. The second kappa shape index (κ2) is 16.9. The van der Waals surface area contributed by atoms with Crippen LogP contribution in [0.2, 0.25) is 0 Å². The van der Waals surface area contributed by atoms with Gasteiger partial charge in [-0.25, -0.2) is 0 Å². The Kier molecular flexibility index (Phi) is 12.7. The summed E-state index contributed by atoms with van der Waals surface area (Å²) in [5.74, 6) is 3.13. The normalized spacial score (nSPS) is 12.4. The van der Waals surface area contributed by atoms with Crippen LogP contribution >= 0.6 is 146 Å². The third-order valence-electron chi connectivity index (χ3n) is 8.33. The van der Waals surface area contributed by atoms with E-state index in [0.717, 1.165) is 66.5 Å². The molecule has 1 heterocycles. The first-order valence-electron chi connectivity index (χ1n) is 15.5. The first-order valence-corrected chi connectivity index (χ1v) is 23.3. The molecule has 13 heteroatoms. The number of halogens is 6. The molecule has 0 amide bonds. The van der Waals surface area contributed by atoms with Gasteiger partial charge >= 0.3 is 0 Å². The summed E-state index contributed by atoms with van der Waals surface area (Å²) >= 11 is 13.1. The highest BCUT2D eigenvalue weighted by atomic mass is 127. The summed E-state index contributed by atoms with van der Waals surface area (Å²) < 4.78 is 24.1. The van der Waals surface area contributed by atoms with Gasteiger partial charge in [0.1, 0.15) is 54.3 Å². The van der Waals surface area contributed by atoms with Crippen molar-refractivity contribution < 1.29 is 29.5 Å². The minimum Gasteiger partial charge on any atom is -0.507 e. The SMILES string of the molecule is Oc1cc(I)c(COc2ccc([SH]3c4ccc(OCc5cc(I)c(O)cc5I)cc4-c4cc(OCc5cc(I)c(O)cc5I)ccc43)cc2)cc1I. The molecule has 6 aromatic carbocycles. The Morgan fingerprint density at radius 1 is 0.404 bits per heavy atom. The fraction of sp³-hybridized carbons (Fsp3) is 0.0769. The van der Waals surface area contributed by atoms with Gasteiger partial charge in [-0.15, -0.1) is 0 Å². The van der Waals surface area contributed by atoms with E-state index in [4.69, 9.17) is 14.2 Å². The molecule has 3 N–H and O–H groups in total. The Labute approximate surface area is 385 Å². The van der Waals surface area contributed by atoms with Gasteiger partial charge < -0.3 is 29.5 Å². The lowest BCUT2D eigenvalue weighted by Gasteiger charge is -2.20. The molecule has 1 aliphatic heterocycles. The molecular formula is C39H26I6O6S. The molecule has 1 aliphatic rings. The number of hydrogen-bond donors (Lipinski definition) is 4. The summed E-state index contributed by atoms with van der Waals surface area (Å²) in [7, 11) is -0.864. The van der Waals surface area contributed by atoms with Crippen LogP contribution < -0.4 is 14.2 Å². The van der Waals surface area contributed by atoms with Crippen molar-refractivity contribution in [1.29, 1.82) is 0 Å². The van der Waals surface area contributed by atoms with Crippen LogP contribution in [0.1, 0.15) is 16.7 Å². The maximum atomic E-state index is 10.1. The lowest BCUT2D eigenvalue weighted by atomic mass is 10.1. The molecule has 6 aromatic rings. The van der Waals surface area contributed by atoms with Crippen molar-refractivity contribution in [3.05, 3.63) is 135 Å². The van der Waals surface area contributed by atoms with Gasteiger partial charge in [-0.3, -0.25) is 0 Å². The zero-order valence-corrected chi connectivity index (χ0v) is 40.5. The van der Waals surface area contributed by atoms with E-state index >= 15 is 0 Å². The van der Waals surface area contributed by atoms with E-state index in [1.165, 1.54) is 14.7 Å². The number of fused-ring (bicyclic) bond motifs is 3. The summed E-state index contributed by atoms with van der Waals surface area (Å²) in [6.07, 6.45) is 0. The Balaban J connectivity index is 1.18. The van der Waals surface area contributed by atoms with Gasteiger partial charge in [0.05, 0.1) is 10.7 Å². The summed E-state index contributed by atoms with van der Waals surface area (Å²) in [5.41, 5.74) is 5.28. The zero-order chi connectivity index (χ0) is 36.7. The van der Waals surface area contributed by atoms with Crippen LogP contribution in [0.15, 0.2) is 112 Å². The first-order chi connectivity index (χ1) is 24.9. The van der Waals surface area contributed by atoms with Crippen molar-refractivity contribution >= 4 is 146 Å². The molecule has 0 atom stereocenters. The molecule has 0 radical (unpaired) electrons. The maximum Gasteiger partial charge on any atom is 0.129 e. The van der Waals surface area contributed by atoms with E-state index in [1.54, 1.807) is 18.2 Å². The molecule has 0 saturated carbocycles. The fourth-order valence-corrected chi connectivity index (χ4v) is 11.7. The highest BCUT2D eigenvalue weighted by Crippen LogP contribution is 2.63. The Hall–Kier alpha value is -1.15. The van der Waals surface area contributed by atoms with Crippen LogP contribution in [0.3, 0.4) is 0 Å². The third kappa shape index (κ3) is 8.63. The number of rotatable bonds is 10. The molecule has 0 saturated heterocycles. The molecule has 6 nitrogen and oxygen atoms in total. The number of hydrogen-bond acceptors (Lipinski definition) is 6. The lowest BCUT2D eigenvalue weighted by Crippen LogP contribution is -1.99. The number of aromatic hydroxyl groups is 3. The summed E-state index contributed by atoms with van der Waals surface area (Å²) in [6, 6.07) is 32.2. The standard InChI is InChI=1S/C39H26I6O6S/c40-29-14-35(46)32(43)9-20(29)17-49-23-1-5-26(6-2-23)52-38-7-3-24(50-18-21-10-33(44)36(47)15-30(21)41)12-27(38)28-13-25(4-8-39(28)52)51-19-22-11-34(45)37(48)16-31(22)42/h1-16,46-48,52H,17-19H2. The van der Waals surface area contributed by atoms with Crippen molar-refractivity contribution in [2.45, 2.75) is 34.5 Å². The molecule has 52 heavy (non-hydrogen) atoms. The van der Waals surface area contributed by atoms with Gasteiger partial charge in [0.25, 0.3) is 0 Å². The predicted octanol–water partition coefficient (Wildman–Crippen LogP) is 12.6. The molecule has 7 rings (SSSR count). The van der Waals surface area contributed by atoms with Gasteiger partial charge in [0, 0.05) is 37.2 Å². The van der Waals surface area contributed by atoms with Crippen LogP contribution in [0.25, 0.3) is 11.1 Å². The van der Waals surface area contributed by atoms with Crippen LogP contribution in [0.4, 0.5) is 0 Å². The molecular weight excluding hydrogens is 1360 g/mol. The largest absolute Gasteiger partial charge is 0.507 e. The van der Waals surface area contributed by atoms with E-state index in [2.05, 4.69) is 172 Å². The number of phenolic OH excluding ortho intramolecular Hbond substituents is 3. The van der Waals surface area contributed by atoms with Crippen LogP contribution in [-0.4, -0.2) is 15.3 Å². The summed E-state index contributed by atoms with van der Waals surface area (Å²) in [4.78, 5) is 3.69. The zero-order valence-electron chi connectivity index (χ0n) is 26.6. The maximum absolute atomic E-state index is 10.1. The smallest absolute Gasteiger partial charge is 0.129 e. The second-order valence-electron chi connectivity index (χ2n) is 11.7. The topological polar surface area (TPSA) is 88.4 Å². The minimum absolute atomic E-state index is 0.269. The van der Waals surface area contributed by atoms with Gasteiger partial charge in [-0.05, 0) is 249 Å². The monoisotopic (exact) mass is 1380 g/mol. The van der Waals surface area contributed by atoms with E-state index < -0.39 is 10.9 Å². The molecule has 0 unspecified atom stereocenters. The van der Waals surface area contributed by atoms with E-state index in [1.807, 2.05) is 42.5 Å². The molecule has 0 spiro atoms. The van der Waals surface area contributed by atoms with Gasteiger partial charge in [0.2, 0.25) is 0 Å². The first kappa shape index (κ1) is 39.1. The molecule has 0 bridgehead atoms. The van der Waals surface area contributed by atoms with Crippen molar-refractivity contribution in [1.82, 2.24) is 0 Å². The number of ether oxygens (including phenoxy) is 3. The summed E-state index contributed by atoms with van der Waals surface area (Å²) in [6.45, 7) is 1.17.